The second kappa shape index (κ2) is 5.93. The van der Waals surface area contributed by atoms with Crippen LogP contribution in [-0.2, 0) is 13.6 Å². The van der Waals surface area contributed by atoms with E-state index >= 15 is 0 Å². The lowest BCUT2D eigenvalue weighted by Crippen LogP contribution is -2.19. The molecule has 110 valence electrons. The Morgan fingerprint density at radius 3 is 2.71 bits per heavy atom. The van der Waals surface area contributed by atoms with Gasteiger partial charge in [0.25, 0.3) is 0 Å². The normalized spacial score (nSPS) is 17.9. The van der Waals surface area contributed by atoms with E-state index in [1.807, 2.05) is 23.5 Å². The van der Waals surface area contributed by atoms with Gasteiger partial charge in [-0.15, -0.1) is 0 Å². The zero-order valence-electron chi connectivity index (χ0n) is 12.6. The van der Waals surface area contributed by atoms with Crippen molar-refractivity contribution in [3.8, 4) is 0 Å². The van der Waals surface area contributed by atoms with E-state index in [2.05, 4.69) is 59.6 Å². The van der Waals surface area contributed by atoms with Crippen LogP contribution in [0.15, 0.2) is 35.3 Å². The van der Waals surface area contributed by atoms with Gasteiger partial charge in [-0.05, 0) is 19.4 Å². The lowest BCUT2D eigenvalue weighted by Gasteiger charge is -2.09. The number of aryl methyl sites for hydroxylation is 2. The van der Waals surface area contributed by atoms with Crippen molar-refractivity contribution in [1.29, 1.82) is 0 Å². The SMILES string of the molecule is Cc1nn(C)c(C)c1CNC1=NCC(c2ccccc2)S1. The van der Waals surface area contributed by atoms with Crippen LogP contribution in [0.3, 0.4) is 0 Å². The predicted molar refractivity (Wildman–Crippen MR) is 88.6 cm³/mol. The Morgan fingerprint density at radius 2 is 2.05 bits per heavy atom. The zero-order valence-corrected chi connectivity index (χ0v) is 13.4. The highest BCUT2D eigenvalue weighted by molar-refractivity contribution is 8.14. The lowest BCUT2D eigenvalue weighted by molar-refractivity contribution is 0.729. The molecule has 0 saturated carbocycles. The minimum absolute atomic E-state index is 0.435. The number of aromatic nitrogens is 2. The van der Waals surface area contributed by atoms with Crippen LogP contribution in [0.25, 0.3) is 0 Å². The van der Waals surface area contributed by atoms with Crippen molar-refractivity contribution in [3.63, 3.8) is 0 Å². The highest BCUT2D eigenvalue weighted by Crippen LogP contribution is 2.34. The van der Waals surface area contributed by atoms with Crippen LogP contribution < -0.4 is 5.32 Å². The molecule has 0 radical (unpaired) electrons. The molecule has 1 unspecified atom stereocenters. The Bertz CT molecular complexity index is 660. The van der Waals surface area contributed by atoms with Gasteiger partial charge in [0.1, 0.15) is 0 Å². The molecule has 21 heavy (non-hydrogen) atoms. The minimum Gasteiger partial charge on any atom is -0.361 e. The first-order valence-corrected chi connectivity index (χ1v) is 8.02. The largest absolute Gasteiger partial charge is 0.361 e. The third kappa shape index (κ3) is 2.97. The third-order valence-corrected chi connectivity index (χ3v) is 5.10. The smallest absolute Gasteiger partial charge is 0.157 e. The standard InChI is InChI=1S/C16H20N4S/c1-11-14(12(2)20(3)19-11)9-17-16-18-10-15(21-16)13-7-5-4-6-8-13/h4-8,15H,9-10H2,1-3H3,(H,17,18). The molecular weight excluding hydrogens is 280 g/mol. The van der Waals surface area contributed by atoms with Gasteiger partial charge >= 0.3 is 0 Å². The first kappa shape index (κ1) is 14.2. The Morgan fingerprint density at radius 1 is 1.29 bits per heavy atom. The summed E-state index contributed by atoms with van der Waals surface area (Å²) in [5.41, 5.74) is 4.91. The van der Waals surface area contributed by atoms with Crippen molar-refractivity contribution in [2.24, 2.45) is 12.0 Å². The molecule has 2 heterocycles. The highest BCUT2D eigenvalue weighted by Gasteiger charge is 2.21. The molecule has 1 aromatic carbocycles. The molecule has 2 aromatic rings. The monoisotopic (exact) mass is 300 g/mol. The summed E-state index contributed by atoms with van der Waals surface area (Å²) in [4.78, 5) is 4.62. The quantitative estimate of drug-likeness (QED) is 0.947. The van der Waals surface area contributed by atoms with Gasteiger partial charge < -0.3 is 5.32 Å². The summed E-state index contributed by atoms with van der Waals surface area (Å²) in [7, 11) is 1.99. The number of hydrogen-bond acceptors (Lipinski definition) is 4. The van der Waals surface area contributed by atoms with E-state index in [9.17, 15) is 0 Å². The summed E-state index contributed by atoms with van der Waals surface area (Å²) >= 11 is 1.81. The van der Waals surface area contributed by atoms with E-state index in [0.29, 0.717) is 5.25 Å². The molecule has 5 heteroatoms. The molecule has 1 N–H and O–H groups in total. The summed E-state index contributed by atoms with van der Waals surface area (Å²) in [6.45, 7) is 5.80. The fraction of sp³-hybridized carbons (Fsp3) is 0.375. The van der Waals surface area contributed by atoms with Crippen molar-refractivity contribution in [2.75, 3.05) is 6.54 Å². The maximum atomic E-state index is 4.62. The summed E-state index contributed by atoms with van der Waals surface area (Å²) in [6.07, 6.45) is 0. The van der Waals surface area contributed by atoms with Gasteiger partial charge in [0.05, 0.1) is 17.5 Å². The van der Waals surface area contributed by atoms with Gasteiger partial charge in [-0.25, -0.2) is 0 Å². The summed E-state index contributed by atoms with van der Waals surface area (Å²) in [6, 6.07) is 10.6. The number of hydrogen-bond donors (Lipinski definition) is 1. The van der Waals surface area contributed by atoms with Gasteiger partial charge in [0.2, 0.25) is 0 Å². The van der Waals surface area contributed by atoms with Crippen LogP contribution in [0.2, 0.25) is 0 Å². The molecule has 1 aliphatic rings. The molecule has 0 saturated heterocycles. The van der Waals surface area contributed by atoms with Crippen molar-refractivity contribution in [3.05, 3.63) is 52.8 Å². The van der Waals surface area contributed by atoms with Gasteiger partial charge in [-0.1, -0.05) is 42.1 Å². The molecule has 0 spiro atoms. The highest BCUT2D eigenvalue weighted by atomic mass is 32.2. The number of benzene rings is 1. The number of thioether (sulfide) groups is 1. The first-order valence-electron chi connectivity index (χ1n) is 7.14. The van der Waals surface area contributed by atoms with E-state index in [1.54, 1.807) is 0 Å². The average molecular weight is 300 g/mol. The van der Waals surface area contributed by atoms with Crippen LogP contribution in [0.5, 0.6) is 0 Å². The predicted octanol–water partition coefficient (Wildman–Crippen LogP) is 2.97. The van der Waals surface area contributed by atoms with Gasteiger partial charge in [-0.2, -0.15) is 5.10 Å². The number of nitrogens with one attached hydrogen (secondary N) is 1. The Balaban J connectivity index is 1.60. The minimum atomic E-state index is 0.435. The molecule has 1 aromatic heterocycles. The maximum absolute atomic E-state index is 4.62. The van der Waals surface area contributed by atoms with Crippen LogP contribution in [-0.4, -0.2) is 21.5 Å². The van der Waals surface area contributed by atoms with Crippen LogP contribution in [0.1, 0.15) is 27.8 Å². The van der Waals surface area contributed by atoms with E-state index in [1.165, 1.54) is 16.8 Å². The van der Waals surface area contributed by atoms with Crippen molar-refractivity contribution >= 4 is 16.9 Å². The molecule has 3 rings (SSSR count). The van der Waals surface area contributed by atoms with Crippen LogP contribution in [0.4, 0.5) is 0 Å². The zero-order chi connectivity index (χ0) is 14.8. The van der Waals surface area contributed by atoms with Gasteiger partial charge in [-0.3, -0.25) is 9.67 Å². The van der Waals surface area contributed by atoms with Gasteiger partial charge in [0.15, 0.2) is 5.17 Å². The molecule has 0 bridgehead atoms. The Labute approximate surface area is 129 Å². The van der Waals surface area contributed by atoms with Crippen molar-refractivity contribution < 1.29 is 0 Å². The average Bonchev–Trinajstić information content (AvgIpc) is 3.05. The molecule has 1 aliphatic heterocycles. The second-order valence-corrected chi connectivity index (χ2v) is 6.48. The Hall–Kier alpha value is -1.75. The van der Waals surface area contributed by atoms with Crippen LogP contribution >= 0.6 is 11.8 Å². The lowest BCUT2D eigenvalue weighted by atomic mass is 10.1. The van der Waals surface area contributed by atoms with Crippen molar-refractivity contribution in [2.45, 2.75) is 25.6 Å². The Kier molecular flexibility index (Phi) is 4.01. The number of nitrogens with zero attached hydrogens (tertiary/aromatic N) is 3. The van der Waals surface area contributed by atoms with Crippen molar-refractivity contribution in [1.82, 2.24) is 15.1 Å². The van der Waals surface area contributed by atoms with E-state index < -0.39 is 0 Å². The van der Waals surface area contributed by atoms with E-state index in [0.717, 1.165) is 24.0 Å². The number of rotatable bonds is 3. The molecular formula is C16H20N4S. The number of aliphatic imine (C=N–C) groups is 1. The molecule has 0 fully saturated rings. The second-order valence-electron chi connectivity index (χ2n) is 5.29. The summed E-state index contributed by atoms with van der Waals surface area (Å²) in [5.74, 6) is 0. The summed E-state index contributed by atoms with van der Waals surface area (Å²) < 4.78 is 1.93. The summed E-state index contributed by atoms with van der Waals surface area (Å²) in [5, 5.41) is 9.37. The molecule has 0 aliphatic carbocycles. The van der Waals surface area contributed by atoms with E-state index in [-0.39, 0.29) is 0 Å². The molecule has 0 amide bonds. The van der Waals surface area contributed by atoms with Gasteiger partial charge in [0, 0.05) is 24.8 Å². The number of amidine groups is 1. The van der Waals surface area contributed by atoms with Crippen LogP contribution in [0, 0.1) is 13.8 Å². The van der Waals surface area contributed by atoms with E-state index in [4.69, 9.17) is 0 Å². The molecule has 4 nitrogen and oxygen atoms in total. The topological polar surface area (TPSA) is 42.2 Å². The fourth-order valence-electron chi connectivity index (χ4n) is 2.55. The fourth-order valence-corrected chi connectivity index (χ4v) is 3.57. The third-order valence-electron chi connectivity index (χ3n) is 3.90. The first-order chi connectivity index (χ1) is 10.1. The molecule has 1 atom stereocenters. The maximum Gasteiger partial charge on any atom is 0.157 e.